The van der Waals surface area contributed by atoms with E-state index in [-0.39, 0.29) is 5.91 Å². The maximum Gasteiger partial charge on any atom is 0.258 e. The molecule has 2 heterocycles. The fourth-order valence-corrected chi connectivity index (χ4v) is 2.24. The van der Waals surface area contributed by atoms with Crippen LogP contribution in [0.25, 0.3) is 16.5 Å². The number of hydrogen-bond acceptors (Lipinski definition) is 2. The van der Waals surface area contributed by atoms with Gasteiger partial charge >= 0.3 is 0 Å². The predicted octanol–water partition coefficient (Wildman–Crippen LogP) is 1.86. The van der Waals surface area contributed by atoms with Crippen LogP contribution in [0.4, 0.5) is 0 Å². The minimum atomic E-state index is -0.395. The van der Waals surface area contributed by atoms with Crippen LogP contribution in [0.3, 0.4) is 0 Å². The molecule has 5 heteroatoms. The van der Waals surface area contributed by atoms with Crippen molar-refractivity contribution in [3.63, 3.8) is 0 Å². The van der Waals surface area contributed by atoms with Crippen molar-refractivity contribution in [3.05, 3.63) is 41.1 Å². The number of rotatable bonds is 1. The Kier molecular flexibility index (Phi) is 2.06. The van der Waals surface area contributed by atoms with E-state index in [1.54, 1.807) is 18.3 Å². The van der Waals surface area contributed by atoms with Gasteiger partial charge in [-0.25, -0.2) is 0 Å². The summed E-state index contributed by atoms with van der Waals surface area (Å²) in [6, 6.07) is 5.44. The molecule has 1 aromatic heterocycles. The number of hydrogen-bond donors (Lipinski definition) is 2. The Morgan fingerprint density at radius 1 is 1.18 bits per heavy atom. The minimum Gasteiger partial charge on any atom is -0.360 e. The summed E-state index contributed by atoms with van der Waals surface area (Å²) in [4.78, 5) is 25.8. The van der Waals surface area contributed by atoms with E-state index in [1.807, 2.05) is 6.07 Å². The average Bonchev–Trinajstić information content (AvgIpc) is 2.83. The molecule has 0 fully saturated rings. The number of H-pyrrole nitrogens is 1. The molecule has 0 unspecified atom stereocenters. The largest absolute Gasteiger partial charge is 0.360 e. The Balaban J connectivity index is 2.31. The van der Waals surface area contributed by atoms with Gasteiger partial charge in [0.25, 0.3) is 11.8 Å². The Bertz CT molecular complexity index is 685. The Morgan fingerprint density at radius 3 is 2.71 bits per heavy atom. The molecule has 2 N–H and O–H groups in total. The molecular weight excluding hydrogens is 240 g/mol. The van der Waals surface area contributed by atoms with Gasteiger partial charge in [-0.05, 0) is 11.6 Å². The van der Waals surface area contributed by atoms with Crippen LogP contribution in [-0.4, -0.2) is 16.8 Å². The van der Waals surface area contributed by atoms with E-state index < -0.39 is 5.91 Å². The number of nitrogens with one attached hydrogen (secondary N) is 2. The van der Waals surface area contributed by atoms with Crippen LogP contribution in [0.5, 0.6) is 0 Å². The lowest BCUT2D eigenvalue weighted by Gasteiger charge is -2.02. The van der Waals surface area contributed by atoms with Gasteiger partial charge in [0.1, 0.15) is 0 Å². The molecule has 17 heavy (non-hydrogen) atoms. The third-order valence-corrected chi connectivity index (χ3v) is 3.00. The van der Waals surface area contributed by atoms with Gasteiger partial charge in [-0.3, -0.25) is 14.9 Å². The van der Waals surface area contributed by atoms with E-state index >= 15 is 0 Å². The molecule has 0 bridgehead atoms. The van der Waals surface area contributed by atoms with Crippen molar-refractivity contribution >= 4 is 39.9 Å². The number of aromatic amines is 1. The van der Waals surface area contributed by atoms with Crippen molar-refractivity contribution in [1.82, 2.24) is 10.3 Å². The maximum atomic E-state index is 11.6. The first kappa shape index (κ1) is 10.1. The Hall–Kier alpha value is -2.07. The number of carbonyl (C=O) groups is 2. The smallest absolute Gasteiger partial charge is 0.258 e. The molecule has 1 aliphatic rings. The molecule has 0 spiro atoms. The van der Waals surface area contributed by atoms with Crippen LogP contribution in [0.2, 0.25) is 5.02 Å². The van der Waals surface area contributed by atoms with Crippen molar-refractivity contribution in [2.24, 2.45) is 0 Å². The van der Waals surface area contributed by atoms with E-state index in [0.717, 1.165) is 10.9 Å². The van der Waals surface area contributed by atoms with Crippen LogP contribution in [0.1, 0.15) is 5.56 Å². The lowest BCUT2D eigenvalue weighted by molar-refractivity contribution is -0.123. The fraction of sp³-hybridized carbons (Fsp3) is 0. The predicted molar refractivity (Wildman–Crippen MR) is 64.4 cm³/mol. The SMILES string of the molecule is O=C1C=C(c2cccc3[nH]cc(Cl)c23)C(=O)N1. The van der Waals surface area contributed by atoms with Crippen molar-refractivity contribution in [2.45, 2.75) is 0 Å². The van der Waals surface area contributed by atoms with Gasteiger partial charge < -0.3 is 4.98 Å². The highest BCUT2D eigenvalue weighted by Crippen LogP contribution is 2.31. The zero-order valence-corrected chi connectivity index (χ0v) is 9.34. The van der Waals surface area contributed by atoms with E-state index in [0.29, 0.717) is 16.2 Å². The molecular formula is C12H7ClN2O2. The summed E-state index contributed by atoms with van der Waals surface area (Å²) in [6.07, 6.45) is 2.95. The summed E-state index contributed by atoms with van der Waals surface area (Å²) < 4.78 is 0. The van der Waals surface area contributed by atoms with E-state index in [1.165, 1.54) is 6.08 Å². The summed E-state index contributed by atoms with van der Waals surface area (Å²) in [5.74, 6) is -0.784. The van der Waals surface area contributed by atoms with Crippen LogP contribution < -0.4 is 5.32 Å². The Morgan fingerprint density at radius 2 is 2.00 bits per heavy atom. The normalized spacial score (nSPS) is 15.2. The fourth-order valence-electron chi connectivity index (χ4n) is 1.98. The van der Waals surface area contributed by atoms with E-state index in [4.69, 9.17) is 11.6 Å². The first-order valence-corrected chi connectivity index (χ1v) is 5.37. The molecule has 2 amide bonds. The van der Waals surface area contributed by atoms with Crippen molar-refractivity contribution in [2.75, 3.05) is 0 Å². The standard InChI is InChI=1S/C12H7ClN2O2/c13-8-5-14-9-3-1-2-6(11(8)9)7-4-10(16)15-12(7)17/h1-5,14H,(H,15,16,17). The quantitative estimate of drug-likeness (QED) is 0.755. The molecule has 0 atom stereocenters. The highest BCUT2D eigenvalue weighted by molar-refractivity contribution is 6.39. The first-order valence-electron chi connectivity index (χ1n) is 5.00. The zero-order chi connectivity index (χ0) is 12.0. The van der Waals surface area contributed by atoms with Gasteiger partial charge in [0.2, 0.25) is 0 Å². The summed E-state index contributed by atoms with van der Waals surface area (Å²) in [7, 11) is 0. The van der Waals surface area contributed by atoms with Crippen LogP contribution in [0, 0.1) is 0 Å². The molecule has 1 aliphatic heterocycles. The topological polar surface area (TPSA) is 62.0 Å². The molecule has 0 saturated carbocycles. The second kappa shape index (κ2) is 3.46. The summed E-state index contributed by atoms with van der Waals surface area (Å²) in [5.41, 5.74) is 1.85. The van der Waals surface area contributed by atoms with Crippen molar-refractivity contribution in [1.29, 1.82) is 0 Å². The molecule has 4 nitrogen and oxygen atoms in total. The number of carbonyl (C=O) groups excluding carboxylic acids is 2. The second-order valence-corrected chi connectivity index (χ2v) is 4.15. The van der Waals surface area contributed by atoms with Crippen LogP contribution in [-0.2, 0) is 9.59 Å². The van der Waals surface area contributed by atoms with Crippen LogP contribution in [0.15, 0.2) is 30.5 Å². The highest BCUT2D eigenvalue weighted by atomic mass is 35.5. The average molecular weight is 247 g/mol. The second-order valence-electron chi connectivity index (χ2n) is 3.74. The van der Waals surface area contributed by atoms with Crippen molar-refractivity contribution in [3.8, 4) is 0 Å². The maximum absolute atomic E-state index is 11.6. The van der Waals surface area contributed by atoms with Gasteiger partial charge in [0.15, 0.2) is 0 Å². The number of benzene rings is 1. The number of aromatic nitrogens is 1. The number of imide groups is 1. The molecule has 0 aliphatic carbocycles. The summed E-state index contributed by atoms with van der Waals surface area (Å²) >= 11 is 6.07. The third kappa shape index (κ3) is 1.45. The van der Waals surface area contributed by atoms with Gasteiger partial charge in [0.05, 0.1) is 10.6 Å². The van der Waals surface area contributed by atoms with E-state index in [9.17, 15) is 9.59 Å². The molecule has 0 saturated heterocycles. The lowest BCUT2D eigenvalue weighted by Crippen LogP contribution is -2.21. The monoisotopic (exact) mass is 246 g/mol. The van der Waals surface area contributed by atoms with Crippen molar-refractivity contribution < 1.29 is 9.59 Å². The lowest BCUT2D eigenvalue weighted by atomic mass is 10.0. The molecule has 84 valence electrons. The molecule has 3 rings (SSSR count). The van der Waals surface area contributed by atoms with Crippen LogP contribution >= 0.6 is 11.6 Å². The van der Waals surface area contributed by atoms with Gasteiger partial charge in [-0.15, -0.1) is 0 Å². The highest BCUT2D eigenvalue weighted by Gasteiger charge is 2.24. The minimum absolute atomic E-state index is 0.349. The van der Waals surface area contributed by atoms with E-state index in [2.05, 4.69) is 10.3 Å². The molecule has 0 radical (unpaired) electrons. The molecule has 2 aromatic rings. The summed E-state index contributed by atoms with van der Waals surface area (Å²) in [5, 5.41) is 3.50. The van der Waals surface area contributed by atoms with Gasteiger partial charge in [-0.2, -0.15) is 0 Å². The summed E-state index contributed by atoms with van der Waals surface area (Å²) in [6.45, 7) is 0. The van der Waals surface area contributed by atoms with Gasteiger partial charge in [-0.1, -0.05) is 23.7 Å². The third-order valence-electron chi connectivity index (χ3n) is 2.70. The number of amides is 2. The first-order chi connectivity index (χ1) is 8.16. The number of halogens is 1. The number of fused-ring (bicyclic) bond motifs is 1. The van der Waals surface area contributed by atoms with Gasteiger partial charge in [0, 0.05) is 23.2 Å². The molecule has 1 aromatic carbocycles. The Labute approximate surface area is 101 Å². The zero-order valence-electron chi connectivity index (χ0n) is 8.58.